The standard InChI is InChI=1S/C20H23N3O3S2/c1-15-5-7-16(8-6-15)19(24)22-20(27)21-17-9-11-18(12-10-17)28(25,26)23-13-3-2-4-14-23/h5-12H,2-4,13-14H2,1H3,(H2,21,22,24,27). The zero-order valence-corrected chi connectivity index (χ0v) is 17.3. The maximum absolute atomic E-state index is 12.7. The molecule has 1 amide bonds. The van der Waals surface area contributed by atoms with Crippen molar-refractivity contribution in [3.63, 3.8) is 0 Å². The first-order valence-electron chi connectivity index (χ1n) is 9.15. The number of amides is 1. The summed E-state index contributed by atoms with van der Waals surface area (Å²) in [5, 5.41) is 5.67. The molecule has 0 atom stereocenters. The molecule has 148 valence electrons. The normalized spacial score (nSPS) is 15.0. The van der Waals surface area contributed by atoms with Gasteiger partial charge < -0.3 is 5.32 Å². The third-order valence-corrected chi connectivity index (χ3v) is 6.72. The number of aryl methyl sites for hydroxylation is 1. The van der Waals surface area contributed by atoms with Crippen molar-refractivity contribution in [2.45, 2.75) is 31.1 Å². The van der Waals surface area contributed by atoms with Crippen LogP contribution in [0, 0.1) is 6.92 Å². The minimum atomic E-state index is -3.46. The van der Waals surface area contributed by atoms with Gasteiger partial charge >= 0.3 is 0 Å². The lowest BCUT2D eigenvalue weighted by molar-refractivity contribution is 0.0977. The summed E-state index contributed by atoms with van der Waals surface area (Å²) in [5.74, 6) is -0.304. The number of rotatable bonds is 4. The van der Waals surface area contributed by atoms with Gasteiger partial charge in [-0.3, -0.25) is 10.1 Å². The van der Waals surface area contributed by atoms with Crippen molar-refractivity contribution in [1.82, 2.24) is 9.62 Å². The fourth-order valence-electron chi connectivity index (χ4n) is 3.01. The minimum absolute atomic E-state index is 0.150. The lowest BCUT2D eigenvalue weighted by Gasteiger charge is -2.25. The molecule has 1 fully saturated rings. The number of thiocarbonyl (C=S) groups is 1. The monoisotopic (exact) mass is 417 g/mol. The zero-order valence-electron chi connectivity index (χ0n) is 15.6. The van der Waals surface area contributed by atoms with E-state index in [0.29, 0.717) is 24.3 Å². The Morgan fingerprint density at radius 2 is 1.57 bits per heavy atom. The van der Waals surface area contributed by atoms with Gasteiger partial charge in [0.1, 0.15) is 0 Å². The van der Waals surface area contributed by atoms with Crippen LogP contribution in [0.15, 0.2) is 53.4 Å². The highest BCUT2D eigenvalue weighted by Gasteiger charge is 2.25. The van der Waals surface area contributed by atoms with E-state index in [4.69, 9.17) is 12.2 Å². The molecule has 6 nitrogen and oxygen atoms in total. The Bertz CT molecular complexity index is 949. The van der Waals surface area contributed by atoms with E-state index in [2.05, 4.69) is 10.6 Å². The maximum Gasteiger partial charge on any atom is 0.257 e. The third kappa shape index (κ3) is 4.95. The van der Waals surface area contributed by atoms with Gasteiger partial charge in [-0.15, -0.1) is 0 Å². The van der Waals surface area contributed by atoms with E-state index in [0.717, 1.165) is 24.8 Å². The quantitative estimate of drug-likeness (QED) is 0.747. The smallest absolute Gasteiger partial charge is 0.257 e. The number of nitrogens with zero attached hydrogens (tertiary/aromatic N) is 1. The van der Waals surface area contributed by atoms with Crippen LogP contribution in [0.4, 0.5) is 5.69 Å². The van der Waals surface area contributed by atoms with E-state index in [1.54, 1.807) is 36.4 Å². The number of carbonyl (C=O) groups is 1. The van der Waals surface area contributed by atoms with Gasteiger partial charge in [-0.05, 0) is 68.4 Å². The summed E-state index contributed by atoms with van der Waals surface area (Å²) in [6.45, 7) is 3.08. The topological polar surface area (TPSA) is 78.5 Å². The highest BCUT2D eigenvalue weighted by molar-refractivity contribution is 7.89. The highest BCUT2D eigenvalue weighted by Crippen LogP contribution is 2.22. The molecule has 1 saturated heterocycles. The molecule has 0 radical (unpaired) electrons. The van der Waals surface area contributed by atoms with E-state index in [1.165, 1.54) is 4.31 Å². The van der Waals surface area contributed by atoms with Crippen molar-refractivity contribution >= 4 is 38.9 Å². The average molecular weight is 418 g/mol. The molecule has 2 N–H and O–H groups in total. The van der Waals surface area contributed by atoms with Crippen LogP contribution in [0.3, 0.4) is 0 Å². The first-order chi connectivity index (χ1) is 13.4. The minimum Gasteiger partial charge on any atom is -0.332 e. The van der Waals surface area contributed by atoms with E-state index in [-0.39, 0.29) is 15.9 Å². The summed E-state index contributed by atoms with van der Waals surface area (Å²) < 4.78 is 26.9. The zero-order chi connectivity index (χ0) is 20.1. The molecule has 28 heavy (non-hydrogen) atoms. The maximum atomic E-state index is 12.7. The second-order valence-electron chi connectivity index (χ2n) is 6.76. The van der Waals surface area contributed by atoms with E-state index in [9.17, 15) is 13.2 Å². The van der Waals surface area contributed by atoms with Crippen molar-refractivity contribution in [3.8, 4) is 0 Å². The van der Waals surface area contributed by atoms with Crippen molar-refractivity contribution in [2.24, 2.45) is 0 Å². The van der Waals surface area contributed by atoms with Crippen LogP contribution < -0.4 is 10.6 Å². The van der Waals surface area contributed by atoms with Gasteiger partial charge in [-0.1, -0.05) is 24.1 Å². The average Bonchev–Trinajstić information content (AvgIpc) is 2.69. The molecule has 0 saturated carbocycles. The number of carbonyl (C=O) groups excluding carboxylic acids is 1. The number of hydrogen-bond acceptors (Lipinski definition) is 4. The Kier molecular flexibility index (Phi) is 6.43. The summed E-state index contributed by atoms with van der Waals surface area (Å²) in [6.07, 6.45) is 2.86. The molecule has 8 heteroatoms. The molecule has 1 aliphatic heterocycles. The lowest BCUT2D eigenvalue weighted by atomic mass is 10.1. The highest BCUT2D eigenvalue weighted by atomic mass is 32.2. The van der Waals surface area contributed by atoms with Gasteiger partial charge in [0.25, 0.3) is 5.91 Å². The predicted octanol–water partition coefficient (Wildman–Crippen LogP) is 3.30. The van der Waals surface area contributed by atoms with Crippen molar-refractivity contribution in [3.05, 3.63) is 59.7 Å². The molecular weight excluding hydrogens is 394 g/mol. The fourth-order valence-corrected chi connectivity index (χ4v) is 4.73. The van der Waals surface area contributed by atoms with E-state index >= 15 is 0 Å². The van der Waals surface area contributed by atoms with Gasteiger partial charge in [-0.25, -0.2) is 8.42 Å². The van der Waals surface area contributed by atoms with Crippen molar-refractivity contribution in [1.29, 1.82) is 0 Å². The van der Waals surface area contributed by atoms with Crippen LogP contribution in [0.2, 0.25) is 0 Å². The molecule has 0 aromatic heterocycles. The second-order valence-corrected chi connectivity index (χ2v) is 9.11. The predicted molar refractivity (Wildman–Crippen MR) is 114 cm³/mol. The fraction of sp³-hybridized carbons (Fsp3) is 0.300. The van der Waals surface area contributed by atoms with Crippen LogP contribution in [-0.4, -0.2) is 36.8 Å². The third-order valence-electron chi connectivity index (χ3n) is 4.61. The van der Waals surface area contributed by atoms with Gasteiger partial charge in [0, 0.05) is 24.3 Å². The van der Waals surface area contributed by atoms with Crippen LogP contribution in [0.1, 0.15) is 35.2 Å². The number of nitrogens with one attached hydrogen (secondary N) is 2. The number of anilines is 1. The van der Waals surface area contributed by atoms with Gasteiger partial charge in [-0.2, -0.15) is 4.31 Å². The molecule has 0 unspecified atom stereocenters. The second kappa shape index (κ2) is 8.81. The molecule has 3 rings (SSSR count). The van der Waals surface area contributed by atoms with Crippen LogP contribution in [0.5, 0.6) is 0 Å². The molecular formula is C20H23N3O3S2. The largest absolute Gasteiger partial charge is 0.332 e. The molecule has 1 aliphatic rings. The summed E-state index contributed by atoms with van der Waals surface area (Å²) in [7, 11) is -3.46. The molecule has 2 aromatic rings. The SMILES string of the molecule is Cc1ccc(C(=O)NC(=S)Nc2ccc(S(=O)(=O)N3CCCCC3)cc2)cc1. The Hall–Kier alpha value is -2.29. The van der Waals surface area contributed by atoms with Crippen molar-refractivity contribution < 1.29 is 13.2 Å². The lowest BCUT2D eigenvalue weighted by Crippen LogP contribution is -2.35. The molecule has 1 heterocycles. The Morgan fingerprint density at radius 1 is 0.964 bits per heavy atom. The molecule has 0 aliphatic carbocycles. The Morgan fingerprint density at radius 3 is 2.18 bits per heavy atom. The summed E-state index contributed by atoms with van der Waals surface area (Å²) >= 11 is 5.18. The van der Waals surface area contributed by atoms with Gasteiger partial charge in [0.2, 0.25) is 10.0 Å². The number of hydrogen-bond donors (Lipinski definition) is 2. The van der Waals surface area contributed by atoms with E-state index in [1.807, 2.05) is 19.1 Å². The Balaban J connectivity index is 1.61. The van der Waals surface area contributed by atoms with Crippen molar-refractivity contribution in [2.75, 3.05) is 18.4 Å². The molecule has 2 aromatic carbocycles. The van der Waals surface area contributed by atoms with E-state index < -0.39 is 10.0 Å². The summed E-state index contributed by atoms with van der Waals surface area (Å²) in [5.41, 5.74) is 2.18. The first-order valence-corrected chi connectivity index (χ1v) is 11.0. The van der Waals surface area contributed by atoms with Crippen LogP contribution >= 0.6 is 12.2 Å². The molecule has 0 spiro atoms. The summed E-state index contributed by atoms with van der Waals surface area (Å²) in [4.78, 5) is 12.5. The number of piperidine rings is 1. The van der Waals surface area contributed by atoms with Crippen LogP contribution in [0.25, 0.3) is 0 Å². The summed E-state index contributed by atoms with van der Waals surface area (Å²) in [6, 6.07) is 13.6. The Labute approximate surface area is 171 Å². The van der Waals surface area contributed by atoms with Gasteiger partial charge in [0.15, 0.2) is 5.11 Å². The number of sulfonamides is 1. The van der Waals surface area contributed by atoms with Gasteiger partial charge in [0.05, 0.1) is 4.90 Å². The molecule has 0 bridgehead atoms. The van der Waals surface area contributed by atoms with Crippen LogP contribution in [-0.2, 0) is 10.0 Å². The number of benzene rings is 2. The first kappa shape index (κ1) is 20.4.